The number of hydrogen-bond donors (Lipinski definition) is 1. The van der Waals surface area contributed by atoms with Crippen LogP contribution >= 0.6 is 0 Å². The van der Waals surface area contributed by atoms with E-state index in [1.165, 1.54) is 10.6 Å². The third kappa shape index (κ3) is 1.88. The summed E-state index contributed by atoms with van der Waals surface area (Å²) in [5.41, 5.74) is 8.24. The molecule has 0 saturated heterocycles. The Bertz CT molecular complexity index is 805. The van der Waals surface area contributed by atoms with E-state index in [4.69, 9.17) is 5.73 Å². The minimum absolute atomic E-state index is 0.194. The molecule has 20 heavy (non-hydrogen) atoms. The zero-order valence-electron chi connectivity index (χ0n) is 11.0. The van der Waals surface area contributed by atoms with E-state index in [1.54, 1.807) is 18.6 Å². The Morgan fingerprint density at radius 1 is 1.25 bits per heavy atom. The van der Waals surface area contributed by atoms with Crippen LogP contribution in [-0.4, -0.2) is 24.1 Å². The fraction of sp³-hybridized carbons (Fsp3) is 0.231. The molecule has 0 unspecified atom stereocenters. The van der Waals surface area contributed by atoms with Gasteiger partial charge in [-0.2, -0.15) is 9.61 Å². The van der Waals surface area contributed by atoms with Gasteiger partial charge in [-0.3, -0.25) is 14.8 Å². The average Bonchev–Trinajstić information content (AvgIpc) is 2.93. The largest absolute Gasteiger partial charge is 0.329 e. The lowest BCUT2D eigenvalue weighted by molar-refractivity contribution is 0.690. The third-order valence-electron chi connectivity index (χ3n) is 3.16. The van der Waals surface area contributed by atoms with Crippen molar-refractivity contribution in [2.75, 3.05) is 0 Å². The van der Waals surface area contributed by atoms with Gasteiger partial charge in [0.25, 0.3) is 5.56 Å². The van der Waals surface area contributed by atoms with Crippen molar-refractivity contribution < 1.29 is 0 Å². The number of hydrogen-bond acceptors (Lipinski definition) is 5. The second kappa shape index (κ2) is 4.86. The lowest BCUT2D eigenvalue weighted by Crippen LogP contribution is -2.22. The fourth-order valence-corrected chi connectivity index (χ4v) is 2.25. The van der Waals surface area contributed by atoms with Gasteiger partial charge in [0.2, 0.25) is 0 Å². The van der Waals surface area contributed by atoms with Gasteiger partial charge in [0, 0.05) is 43.3 Å². The van der Waals surface area contributed by atoms with Crippen LogP contribution in [0.25, 0.3) is 17.0 Å². The van der Waals surface area contributed by atoms with E-state index in [1.807, 2.05) is 17.6 Å². The summed E-state index contributed by atoms with van der Waals surface area (Å²) in [5, 5.41) is 4.31. The zero-order chi connectivity index (χ0) is 14.1. The molecule has 0 spiro atoms. The molecule has 0 radical (unpaired) electrons. The van der Waals surface area contributed by atoms with Gasteiger partial charge >= 0.3 is 0 Å². The van der Waals surface area contributed by atoms with E-state index in [0.29, 0.717) is 30.1 Å². The number of fused-ring (bicyclic) bond motifs is 1. The lowest BCUT2D eigenvalue weighted by Gasteiger charge is -2.10. The van der Waals surface area contributed by atoms with Crippen molar-refractivity contribution in [2.24, 2.45) is 5.73 Å². The van der Waals surface area contributed by atoms with Crippen LogP contribution in [0.15, 0.2) is 35.5 Å². The molecule has 3 aromatic rings. The highest BCUT2D eigenvalue weighted by atomic mass is 16.1. The van der Waals surface area contributed by atoms with Crippen LogP contribution < -0.4 is 11.3 Å². The summed E-state index contributed by atoms with van der Waals surface area (Å²) >= 11 is 0. The van der Waals surface area contributed by atoms with E-state index in [2.05, 4.69) is 15.1 Å². The summed E-state index contributed by atoms with van der Waals surface area (Å²) in [5.74, 6) is 0. The van der Waals surface area contributed by atoms with Gasteiger partial charge in [-0.05, 0) is 6.92 Å². The Balaban J connectivity index is 2.30. The minimum atomic E-state index is -0.194. The summed E-state index contributed by atoms with van der Waals surface area (Å²) in [7, 11) is 0. The number of nitrogens with zero attached hydrogens (tertiary/aromatic N) is 5. The van der Waals surface area contributed by atoms with E-state index in [-0.39, 0.29) is 5.56 Å². The van der Waals surface area contributed by atoms with Gasteiger partial charge in [0.15, 0.2) is 0 Å². The van der Waals surface area contributed by atoms with Crippen molar-refractivity contribution >= 4 is 5.65 Å². The predicted molar refractivity (Wildman–Crippen MR) is 74.0 cm³/mol. The van der Waals surface area contributed by atoms with Gasteiger partial charge in [-0.25, -0.2) is 0 Å². The van der Waals surface area contributed by atoms with Crippen molar-refractivity contribution in [3.8, 4) is 11.4 Å². The maximum atomic E-state index is 12.1. The normalized spacial score (nSPS) is 11.1. The Morgan fingerprint density at radius 3 is 2.75 bits per heavy atom. The summed E-state index contributed by atoms with van der Waals surface area (Å²) in [6.07, 6.45) is 4.81. The molecule has 0 saturated carbocycles. The minimum Gasteiger partial charge on any atom is -0.329 e. The van der Waals surface area contributed by atoms with Crippen LogP contribution in [0.5, 0.6) is 0 Å². The van der Waals surface area contributed by atoms with Gasteiger partial charge in [0.1, 0.15) is 17.0 Å². The molecule has 0 aliphatic rings. The van der Waals surface area contributed by atoms with Crippen LogP contribution in [0, 0.1) is 0 Å². The molecule has 0 aliphatic carbocycles. The summed E-state index contributed by atoms with van der Waals surface area (Å²) in [4.78, 5) is 20.3. The Kier molecular flexibility index (Phi) is 3.03. The van der Waals surface area contributed by atoms with Crippen LogP contribution in [0.1, 0.15) is 12.6 Å². The van der Waals surface area contributed by atoms with Crippen LogP contribution in [0.2, 0.25) is 0 Å². The molecular weight excluding hydrogens is 256 g/mol. The Hall–Kier alpha value is -2.54. The first-order chi connectivity index (χ1) is 9.74. The van der Waals surface area contributed by atoms with E-state index >= 15 is 0 Å². The van der Waals surface area contributed by atoms with E-state index in [9.17, 15) is 4.79 Å². The van der Waals surface area contributed by atoms with Crippen molar-refractivity contribution in [2.45, 2.75) is 20.0 Å². The monoisotopic (exact) mass is 270 g/mol. The Morgan fingerprint density at radius 2 is 2.10 bits per heavy atom. The number of aromatic nitrogens is 5. The average molecular weight is 270 g/mol. The summed E-state index contributed by atoms with van der Waals surface area (Å²) in [6, 6.07) is 3.35. The molecule has 7 nitrogen and oxygen atoms in total. The second-order valence-corrected chi connectivity index (χ2v) is 4.31. The van der Waals surface area contributed by atoms with Crippen LogP contribution in [0.4, 0.5) is 0 Å². The van der Waals surface area contributed by atoms with E-state index < -0.39 is 0 Å². The first kappa shape index (κ1) is 12.5. The third-order valence-corrected chi connectivity index (χ3v) is 3.16. The molecule has 0 aromatic carbocycles. The highest BCUT2D eigenvalue weighted by Crippen LogP contribution is 2.16. The summed E-state index contributed by atoms with van der Waals surface area (Å²) < 4.78 is 3.33. The maximum absolute atomic E-state index is 12.1. The molecule has 102 valence electrons. The lowest BCUT2D eigenvalue weighted by atomic mass is 10.3. The first-order valence-electron chi connectivity index (χ1n) is 6.33. The summed E-state index contributed by atoms with van der Waals surface area (Å²) in [6.45, 7) is 3.02. The molecule has 3 rings (SSSR count). The standard InChI is InChI=1S/C13H14N6O/c1-2-18-9(7-14)5-13(20)19-12(18)6-10(17-19)11-8-15-3-4-16-11/h3-6,8H,2,7,14H2,1H3. The molecule has 3 aromatic heterocycles. The maximum Gasteiger partial charge on any atom is 0.274 e. The number of aryl methyl sites for hydroxylation is 1. The van der Waals surface area contributed by atoms with Crippen molar-refractivity contribution in [1.29, 1.82) is 0 Å². The highest BCUT2D eigenvalue weighted by molar-refractivity contribution is 5.60. The molecule has 3 heterocycles. The molecule has 7 heteroatoms. The molecule has 0 fully saturated rings. The zero-order valence-corrected chi connectivity index (χ0v) is 11.0. The molecule has 2 N–H and O–H groups in total. The van der Waals surface area contributed by atoms with Crippen molar-refractivity contribution in [1.82, 2.24) is 24.1 Å². The predicted octanol–water partition coefficient (Wildman–Crippen LogP) is 0.432. The molecule has 0 bridgehead atoms. The van der Waals surface area contributed by atoms with Crippen LogP contribution in [-0.2, 0) is 13.1 Å². The molecular formula is C13H14N6O. The first-order valence-corrected chi connectivity index (χ1v) is 6.33. The number of rotatable bonds is 3. The molecule has 0 atom stereocenters. The highest BCUT2D eigenvalue weighted by Gasteiger charge is 2.12. The molecule has 0 aliphatic heterocycles. The fourth-order valence-electron chi connectivity index (χ4n) is 2.25. The van der Waals surface area contributed by atoms with Gasteiger partial charge < -0.3 is 10.3 Å². The SMILES string of the molecule is CCn1c(CN)cc(=O)n2nc(-c3cnccn3)cc12. The topological polar surface area (TPSA) is 91.1 Å². The van der Waals surface area contributed by atoms with Crippen molar-refractivity contribution in [3.63, 3.8) is 0 Å². The van der Waals surface area contributed by atoms with Gasteiger partial charge in [-0.15, -0.1) is 0 Å². The Labute approximate surface area is 114 Å². The van der Waals surface area contributed by atoms with Gasteiger partial charge in [0.05, 0.1) is 6.20 Å². The van der Waals surface area contributed by atoms with Crippen LogP contribution in [0.3, 0.4) is 0 Å². The van der Waals surface area contributed by atoms with Gasteiger partial charge in [-0.1, -0.05) is 0 Å². The van der Waals surface area contributed by atoms with E-state index in [0.717, 1.165) is 5.69 Å². The number of nitrogens with two attached hydrogens (primary N) is 1. The quantitative estimate of drug-likeness (QED) is 0.745. The second-order valence-electron chi connectivity index (χ2n) is 4.31. The molecule has 0 amide bonds. The van der Waals surface area contributed by atoms with Crippen molar-refractivity contribution in [3.05, 3.63) is 46.8 Å². The smallest absolute Gasteiger partial charge is 0.274 e.